The molecule has 0 aliphatic carbocycles. The Bertz CT molecular complexity index is 1400. The molecule has 0 aromatic heterocycles. The zero-order valence-corrected chi connectivity index (χ0v) is 26.0. The van der Waals surface area contributed by atoms with Gasteiger partial charge in [0, 0.05) is 49.2 Å². The third kappa shape index (κ3) is 8.69. The maximum atomic E-state index is 14.2. The van der Waals surface area contributed by atoms with Crippen LogP contribution >= 0.6 is 23.2 Å². The maximum absolute atomic E-state index is 14.2. The number of carbonyl (C=O) groups is 2. The number of benzene rings is 3. The molecule has 0 fully saturated rings. The van der Waals surface area contributed by atoms with E-state index in [1.807, 2.05) is 44.2 Å². The number of nitrogens with zero attached hydrogens (tertiary/aromatic N) is 3. The summed E-state index contributed by atoms with van der Waals surface area (Å²) in [5, 5.41) is 3.61. The third-order valence-corrected chi connectivity index (χ3v) is 8.94. The fraction of sp³-hybridized carbons (Fsp3) is 0.333. The molecule has 0 heterocycles. The van der Waals surface area contributed by atoms with E-state index in [0.717, 1.165) is 14.2 Å². The van der Waals surface area contributed by atoms with Crippen molar-refractivity contribution in [1.29, 1.82) is 0 Å². The van der Waals surface area contributed by atoms with E-state index in [1.165, 1.54) is 19.0 Å². The number of halogens is 2. The Labute approximate surface area is 253 Å². The summed E-state index contributed by atoms with van der Waals surface area (Å²) in [7, 11) is -1.27. The highest BCUT2D eigenvalue weighted by Gasteiger charge is 2.35. The number of carbonyl (C=O) groups excluding carboxylic acids is 2. The summed E-state index contributed by atoms with van der Waals surface area (Å²) < 4.78 is 28.8. The SMILES string of the molecule is CC(C)CNC(=O)C(Cc1ccccc1)N(Cc1c(Cl)cccc1Cl)C(=O)CN(c1ccccc1)S(=O)(=O)N(C)C. The first-order chi connectivity index (χ1) is 19.4. The van der Waals surface area contributed by atoms with Crippen molar-refractivity contribution in [3.8, 4) is 0 Å². The molecule has 0 aliphatic heterocycles. The van der Waals surface area contributed by atoms with E-state index < -0.39 is 28.7 Å². The molecule has 3 rings (SSSR count). The lowest BCUT2D eigenvalue weighted by Crippen LogP contribution is -2.54. The monoisotopic (exact) mass is 618 g/mol. The number of nitrogens with one attached hydrogen (secondary N) is 1. The highest BCUT2D eigenvalue weighted by atomic mass is 35.5. The number of amides is 2. The number of hydrogen-bond acceptors (Lipinski definition) is 4. The topological polar surface area (TPSA) is 90.0 Å². The van der Waals surface area contributed by atoms with E-state index in [2.05, 4.69) is 5.32 Å². The minimum Gasteiger partial charge on any atom is -0.354 e. The highest BCUT2D eigenvalue weighted by Crippen LogP contribution is 2.28. The van der Waals surface area contributed by atoms with E-state index in [-0.39, 0.29) is 24.8 Å². The number of rotatable bonds is 13. The molecule has 41 heavy (non-hydrogen) atoms. The predicted molar refractivity (Wildman–Crippen MR) is 165 cm³/mol. The lowest BCUT2D eigenvalue weighted by molar-refractivity contribution is -0.140. The molecule has 0 radical (unpaired) electrons. The molecule has 3 aromatic carbocycles. The summed E-state index contributed by atoms with van der Waals surface area (Å²) in [4.78, 5) is 29.3. The second-order valence-electron chi connectivity index (χ2n) is 10.2. The molecule has 2 amide bonds. The Balaban J connectivity index is 2.11. The summed E-state index contributed by atoms with van der Waals surface area (Å²) in [6.45, 7) is 3.71. The van der Waals surface area contributed by atoms with Gasteiger partial charge in [-0.1, -0.05) is 91.6 Å². The summed E-state index contributed by atoms with van der Waals surface area (Å²) >= 11 is 13.0. The molecule has 3 aromatic rings. The molecule has 8 nitrogen and oxygen atoms in total. The molecular formula is C30H36Cl2N4O4S. The van der Waals surface area contributed by atoms with Crippen molar-refractivity contribution in [3.63, 3.8) is 0 Å². The van der Waals surface area contributed by atoms with Gasteiger partial charge in [-0.05, 0) is 35.7 Å². The molecule has 0 bridgehead atoms. The van der Waals surface area contributed by atoms with Crippen molar-refractivity contribution < 1.29 is 18.0 Å². The number of anilines is 1. The molecule has 0 saturated carbocycles. The van der Waals surface area contributed by atoms with Gasteiger partial charge in [-0.15, -0.1) is 0 Å². The fourth-order valence-electron chi connectivity index (χ4n) is 4.14. The van der Waals surface area contributed by atoms with Gasteiger partial charge in [0.05, 0.1) is 5.69 Å². The smallest absolute Gasteiger partial charge is 0.304 e. The average Bonchev–Trinajstić information content (AvgIpc) is 2.94. The van der Waals surface area contributed by atoms with Crippen LogP contribution < -0.4 is 9.62 Å². The molecule has 0 aliphatic rings. The van der Waals surface area contributed by atoms with E-state index in [0.29, 0.717) is 27.8 Å². The van der Waals surface area contributed by atoms with Crippen LogP contribution in [0.3, 0.4) is 0 Å². The molecule has 0 saturated heterocycles. The lowest BCUT2D eigenvalue weighted by Gasteiger charge is -2.34. The van der Waals surface area contributed by atoms with E-state index >= 15 is 0 Å². The molecule has 1 atom stereocenters. The first-order valence-corrected chi connectivity index (χ1v) is 15.4. The third-order valence-electron chi connectivity index (χ3n) is 6.41. The minimum absolute atomic E-state index is 0.103. The van der Waals surface area contributed by atoms with Crippen LogP contribution in [-0.2, 0) is 32.8 Å². The first-order valence-electron chi connectivity index (χ1n) is 13.2. The van der Waals surface area contributed by atoms with E-state index in [4.69, 9.17) is 23.2 Å². The number of para-hydroxylation sites is 1. The van der Waals surface area contributed by atoms with Gasteiger partial charge in [0.1, 0.15) is 12.6 Å². The van der Waals surface area contributed by atoms with Gasteiger partial charge in [0.15, 0.2) is 0 Å². The van der Waals surface area contributed by atoms with Crippen molar-refractivity contribution in [2.24, 2.45) is 5.92 Å². The van der Waals surface area contributed by atoms with E-state index in [1.54, 1.807) is 48.5 Å². The summed E-state index contributed by atoms with van der Waals surface area (Å²) in [5.74, 6) is -0.769. The van der Waals surface area contributed by atoms with Crippen LogP contribution in [0.25, 0.3) is 0 Å². The Hall–Kier alpha value is -3.11. The first kappa shape index (κ1) is 32.4. The fourth-order valence-corrected chi connectivity index (χ4v) is 5.71. The van der Waals surface area contributed by atoms with Crippen LogP contribution in [0.2, 0.25) is 10.0 Å². The van der Waals surface area contributed by atoms with Gasteiger partial charge < -0.3 is 10.2 Å². The molecular weight excluding hydrogens is 583 g/mol. The van der Waals surface area contributed by atoms with Crippen molar-refractivity contribution in [3.05, 3.63) is 100 Å². The molecule has 1 unspecified atom stereocenters. The molecule has 11 heteroatoms. The molecule has 0 spiro atoms. The summed E-state index contributed by atoms with van der Waals surface area (Å²) in [5.41, 5.74) is 1.61. The van der Waals surface area contributed by atoms with Gasteiger partial charge in [-0.3, -0.25) is 9.59 Å². The summed E-state index contributed by atoms with van der Waals surface area (Å²) in [6, 6.07) is 21.7. The second kappa shape index (κ2) is 14.7. The zero-order chi connectivity index (χ0) is 30.2. The van der Waals surface area contributed by atoms with Gasteiger partial charge in [-0.25, -0.2) is 4.31 Å². The lowest BCUT2D eigenvalue weighted by atomic mass is 10.0. The Kier molecular flexibility index (Phi) is 11.6. The molecule has 220 valence electrons. The van der Waals surface area contributed by atoms with Crippen LogP contribution in [0, 0.1) is 5.92 Å². The average molecular weight is 620 g/mol. The second-order valence-corrected chi connectivity index (χ2v) is 13.1. The van der Waals surface area contributed by atoms with E-state index in [9.17, 15) is 18.0 Å². The van der Waals surface area contributed by atoms with Gasteiger partial charge in [0.25, 0.3) is 0 Å². The van der Waals surface area contributed by atoms with Crippen molar-refractivity contribution >= 4 is 50.9 Å². The van der Waals surface area contributed by atoms with Crippen molar-refractivity contribution in [1.82, 2.24) is 14.5 Å². The largest absolute Gasteiger partial charge is 0.354 e. The van der Waals surface area contributed by atoms with Crippen molar-refractivity contribution in [2.75, 3.05) is 31.5 Å². The zero-order valence-electron chi connectivity index (χ0n) is 23.6. The number of hydrogen-bond donors (Lipinski definition) is 1. The van der Waals surface area contributed by atoms with Gasteiger partial charge in [-0.2, -0.15) is 12.7 Å². The minimum atomic E-state index is -4.07. The molecule has 1 N–H and O–H groups in total. The maximum Gasteiger partial charge on any atom is 0.304 e. The van der Waals surface area contributed by atoms with Crippen LogP contribution in [0.1, 0.15) is 25.0 Å². The van der Waals surface area contributed by atoms with Crippen LogP contribution in [0.4, 0.5) is 5.69 Å². The Morgan fingerprint density at radius 3 is 1.95 bits per heavy atom. The van der Waals surface area contributed by atoms with Crippen molar-refractivity contribution in [2.45, 2.75) is 32.9 Å². The quantitative estimate of drug-likeness (QED) is 0.291. The predicted octanol–water partition coefficient (Wildman–Crippen LogP) is 5.02. The Morgan fingerprint density at radius 1 is 0.854 bits per heavy atom. The summed E-state index contributed by atoms with van der Waals surface area (Å²) in [6.07, 6.45) is 0.199. The normalized spacial score (nSPS) is 12.3. The van der Waals surface area contributed by atoms with Crippen LogP contribution in [-0.4, -0.2) is 62.7 Å². The van der Waals surface area contributed by atoms with Crippen LogP contribution in [0.5, 0.6) is 0 Å². The van der Waals surface area contributed by atoms with Gasteiger partial charge >= 0.3 is 10.2 Å². The van der Waals surface area contributed by atoms with Crippen LogP contribution in [0.15, 0.2) is 78.9 Å². The standard InChI is InChI=1S/C30H36Cl2N4O4S/c1-22(2)19-33-30(38)28(18-23-12-7-5-8-13-23)35(20-25-26(31)16-11-17-27(25)32)29(37)21-36(41(39,40)34(3)4)24-14-9-6-10-15-24/h5-17,22,28H,18-21H2,1-4H3,(H,33,38). The highest BCUT2D eigenvalue weighted by molar-refractivity contribution is 7.90. The van der Waals surface area contributed by atoms with Gasteiger partial charge in [0.2, 0.25) is 11.8 Å². The Morgan fingerprint density at radius 2 is 1.41 bits per heavy atom.